The molecule has 0 saturated carbocycles. The van der Waals surface area contributed by atoms with Crippen LogP contribution in [0.4, 0.5) is 0 Å². The summed E-state index contributed by atoms with van der Waals surface area (Å²) in [6.45, 7) is 5.66. The van der Waals surface area contributed by atoms with Crippen LogP contribution in [0.2, 0.25) is 0 Å². The number of likely N-dealkylation sites (tertiary alicyclic amines) is 1. The van der Waals surface area contributed by atoms with E-state index in [1.165, 1.54) is 5.56 Å². The van der Waals surface area contributed by atoms with Gasteiger partial charge in [0.25, 0.3) is 0 Å². The smallest absolute Gasteiger partial charge is 0.242 e. The zero-order chi connectivity index (χ0) is 18.5. The Morgan fingerprint density at radius 3 is 2.65 bits per heavy atom. The van der Waals surface area contributed by atoms with E-state index >= 15 is 0 Å². The molecule has 1 fully saturated rings. The number of carbonyl (C=O) groups excluding carboxylic acids is 2. The van der Waals surface area contributed by atoms with E-state index in [1.807, 2.05) is 44.2 Å². The van der Waals surface area contributed by atoms with Gasteiger partial charge in [0.15, 0.2) is 0 Å². The summed E-state index contributed by atoms with van der Waals surface area (Å²) in [6.07, 6.45) is 1.39. The van der Waals surface area contributed by atoms with Crippen molar-refractivity contribution in [1.82, 2.24) is 9.80 Å². The van der Waals surface area contributed by atoms with Gasteiger partial charge in [-0.05, 0) is 43.9 Å². The van der Waals surface area contributed by atoms with Gasteiger partial charge in [0.05, 0.1) is 13.1 Å². The summed E-state index contributed by atoms with van der Waals surface area (Å²) < 4.78 is 5.57. The molecule has 0 unspecified atom stereocenters. The van der Waals surface area contributed by atoms with Gasteiger partial charge in [-0.15, -0.1) is 0 Å². The first-order valence-electron chi connectivity index (χ1n) is 9.20. The minimum atomic E-state index is -0.0322. The van der Waals surface area contributed by atoms with E-state index in [1.54, 1.807) is 9.80 Å². The van der Waals surface area contributed by atoms with E-state index in [9.17, 15) is 9.59 Å². The van der Waals surface area contributed by atoms with Gasteiger partial charge in [0.2, 0.25) is 11.8 Å². The first-order valence-corrected chi connectivity index (χ1v) is 9.20. The van der Waals surface area contributed by atoms with Crippen LogP contribution in [0.15, 0.2) is 46.9 Å². The molecule has 0 radical (unpaired) electrons. The van der Waals surface area contributed by atoms with Crippen molar-refractivity contribution >= 4 is 11.8 Å². The predicted octanol–water partition coefficient (Wildman–Crippen LogP) is 3.03. The number of furan rings is 1. The quantitative estimate of drug-likeness (QED) is 0.768. The third-order valence-electron chi connectivity index (χ3n) is 4.87. The molecule has 1 atom stereocenters. The van der Waals surface area contributed by atoms with Crippen LogP contribution in [-0.4, -0.2) is 41.2 Å². The molecule has 0 N–H and O–H groups in total. The molecular weight excluding hydrogens is 328 g/mol. The summed E-state index contributed by atoms with van der Waals surface area (Å²) in [6, 6.07) is 14.0. The van der Waals surface area contributed by atoms with Crippen LogP contribution >= 0.6 is 0 Å². The van der Waals surface area contributed by atoms with Crippen LogP contribution in [0.1, 0.15) is 30.4 Å². The van der Waals surface area contributed by atoms with Gasteiger partial charge in [0.1, 0.15) is 11.5 Å². The Hall–Kier alpha value is -2.56. The fourth-order valence-electron chi connectivity index (χ4n) is 3.49. The standard InChI is InChI=1S/C21H26N2O3/c1-3-22(14-19-10-9-16(2)26-19)21(25)15-23-13-18(12-20(23)24)11-17-7-5-4-6-8-17/h4-10,18H,3,11-15H2,1-2H3/t18-/m1/s1. The lowest BCUT2D eigenvalue weighted by atomic mass is 9.99. The lowest BCUT2D eigenvalue weighted by Gasteiger charge is -2.23. The molecule has 0 spiro atoms. The molecular formula is C21H26N2O3. The van der Waals surface area contributed by atoms with E-state index in [2.05, 4.69) is 12.1 Å². The normalized spacial score (nSPS) is 16.9. The Kier molecular flexibility index (Phi) is 5.76. The molecule has 5 nitrogen and oxygen atoms in total. The van der Waals surface area contributed by atoms with Crippen molar-refractivity contribution in [2.45, 2.75) is 33.2 Å². The highest BCUT2D eigenvalue weighted by atomic mass is 16.3. The molecule has 2 amide bonds. The maximum atomic E-state index is 12.6. The van der Waals surface area contributed by atoms with Gasteiger partial charge in [0, 0.05) is 19.5 Å². The van der Waals surface area contributed by atoms with Crippen LogP contribution in [0, 0.1) is 12.8 Å². The SMILES string of the molecule is CCN(Cc1ccc(C)o1)C(=O)CN1C[C@H](Cc2ccccc2)CC1=O. The highest BCUT2D eigenvalue weighted by molar-refractivity contribution is 5.86. The fraction of sp³-hybridized carbons (Fsp3) is 0.429. The lowest BCUT2D eigenvalue weighted by Crippen LogP contribution is -2.40. The molecule has 2 aromatic rings. The molecule has 138 valence electrons. The van der Waals surface area contributed by atoms with Crippen molar-refractivity contribution < 1.29 is 14.0 Å². The minimum Gasteiger partial charge on any atom is -0.464 e. The van der Waals surface area contributed by atoms with Crippen molar-refractivity contribution in [3.8, 4) is 0 Å². The highest BCUT2D eigenvalue weighted by Crippen LogP contribution is 2.22. The van der Waals surface area contributed by atoms with Crippen LogP contribution < -0.4 is 0 Å². The summed E-state index contributed by atoms with van der Waals surface area (Å²) in [4.78, 5) is 28.4. The maximum Gasteiger partial charge on any atom is 0.242 e. The van der Waals surface area contributed by atoms with Crippen LogP contribution in [-0.2, 0) is 22.6 Å². The Balaban J connectivity index is 1.55. The molecule has 0 aliphatic carbocycles. The number of amides is 2. The number of aryl methyl sites for hydroxylation is 1. The topological polar surface area (TPSA) is 53.8 Å². The zero-order valence-corrected chi connectivity index (χ0v) is 15.5. The second-order valence-electron chi connectivity index (χ2n) is 6.95. The van der Waals surface area contributed by atoms with Crippen molar-refractivity contribution in [2.24, 2.45) is 5.92 Å². The lowest BCUT2D eigenvalue weighted by molar-refractivity contribution is -0.138. The number of carbonyl (C=O) groups is 2. The molecule has 1 aliphatic heterocycles. The predicted molar refractivity (Wildman–Crippen MR) is 99.4 cm³/mol. The second-order valence-corrected chi connectivity index (χ2v) is 6.95. The van der Waals surface area contributed by atoms with E-state index in [4.69, 9.17) is 4.42 Å². The minimum absolute atomic E-state index is 0.0322. The third kappa shape index (κ3) is 4.54. The van der Waals surface area contributed by atoms with Gasteiger partial charge < -0.3 is 14.2 Å². The molecule has 1 aromatic carbocycles. The van der Waals surface area contributed by atoms with Crippen LogP contribution in [0.3, 0.4) is 0 Å². The second kappa shape index (κ2) is 8.21. The van der Waals surface area contributed by atoms with Gasteiger partial charge in [-0.25, -0.2) is 0 Å². The molecule has 1 aliphatic rings. The Morgan fingerprint density at radius 1 is 1.23 bits per heavy atom. The van der Waals surface area contributed by atoms with E-state index in [-0.39, 0.29) is 24.3 Å². The average Bonchev–Trinajstić information content (AvgIpc) is 3.19. The third-order valence-corrected chi connectivity index (χ3v) is 4.87. The molecule has 0 bridgehead atoms. The molecule has 26 heavy (non-hydrogen) atoms. The largest absolute Gasteiger partial charge is 0.464 e. The van der Waals surface area contributed by atoms with E-state index < -0.39 is 0 Å². The Labute approximate surface area is 154 Å². The summed E-state index contributed by atoms with van der Waals surface area (Å²) >= 11 is 0. The summed E-state index contributed by atoms with van der Waals surface area (Å²) in [5.74, 6) is 1.93. The molecule has 1 aromatic heterocycles. The number of likely N-dealkylation sites (N-methyl/N-ethyl adjacent to an activating group) is 1. The number of nitrogens with zero attached hydrogens (tertiary/aromatic N) is 2. The summed E-state index contributed by atoms with van der Waals surface area (Å²) in [5.41, 5.74) is 1.24. The monoisotopic (exact) mass is 354 g/mol. The van der Waals surface area contributed by atoms with Gasteiger partial charge in [-0.3, -0.25) is 9.59 Å². The van der Waals surface area contributed by atoms with Crippen LogP contribution in [0.25, 0.3) is 0 Å². The van der Waals surface area contributed by atoms with Crippen molar-refractivity contribution in [2.75, 3.05) is 19.6 Å². The average molecular weight is 354 g/mol. The van der Waals surface area contributed by atoms with Crippen molar-refractivity contribution in [1.29, 1.82) is 0 Å². The number of hydrogen-bond donors (Lipinski definition) is 0. The molecule has 3 rings (SSSR count). The van der Waals surface area contributed by atoms with E-state index in [0.717, 1.165) is 17.9 Å². The van der Waals surface area contributed by atoms with Gasteiger partial charge in [-0.1, -0.05) is 30.3 Å². The summed E-state index contributed by atoms with van der Waals surface area (Å²) in [7, 11) is 0. The van der Waals surface area contributed by atoms with E-state index in [0.29, 0.717) is 26.1 Å². The molecule has 1 saturated heterocycles. The number of hydrogen-bond acceptors (Lipinski definition) is 3. The van der Waals surface area contributed by atoms with Crippen molar-refractivity contribution in [3.05, 3.63) is 59.5 Å². The summed E-state index contributed by atoms with van der Waals surface area (Å²) in [5, 5.41) is 0. The maximum absolute atomic E-state index is 12.6. The molecule has 2 heterocycles. The fourth-order valence-corrected chi connectivity index (χ4v) is 3.49. The van der Waals surface area contributed by atoms with Crippen molar-refractivity contribution in [3.63, 3.8) is 0 Å². The van der Waals surface area contributed by atoms with Gasteiger partial charge in [-0.2, -0.15) is 0 Å². The number of benzene rings is 1. The molecule has 5 heteroatoms. The number of rotatable bonds is 7. The van der Waals surface area contributed by atoms with Crippen LogP contribution in [0.5, 0.6) is 0 Å². The van der Waals surface area contributed by atoms with Gasteiger partial charge >= 0.3 is 0 Å². The Bertz CT molecular complexity index is 754. The Morgan fingerprint density at radius 2 is 2.00 bits per heavy atom. The zero-order valence-electron chi connectivity index (χ0n) is 15.5. The highest BCUT2D eigenvalue weighted by Gasteiger charge is 2.31. The first kappa shape index (κ1) is 18.2. The first-order chi connectivity index (χ1) is 12.5.